The first-order chi connectivity index (χ1) is 13.9. The molecule has 1 aliphatic rings. The van der Waals surface area contributed by atoms with Crippen LogP contribution in [0.2, 0.25) is 0 Å². The Morgan fingerprint density at radius 3 is 1.97 bits per heavy atom. The molecule has 0 saturated carbocycles. The van der Waals surface area contributed by atoms with Crippen molar-refractivity contribution < 1.29 is 18.3 Å². The Labute approximate surface area is 169 Å². The van der Waals surface area contributed by atoms with Gasteiger partial charge in [-0.05, 0) is 36.8 Å². The van der Waals surface area contributed by atoms with Gasteiger partial charge in [-0.15, -0.1) is 0 Å². The maximum Gasteiger partial charge on any atom is 0.295 e. The van der Waals surface area contributed by atoms with Crippen LogP contribution in [0.3, 0.4) is 0 Å². The normalized spacial score (nSPS) is 17.1. The van der Waals surface area contributed by atoms with Gasteiger partial charge in [0.05, 0.1) is 4.90 Å². The quantitative estimate of drug-likeness (QED) is 0.701. The molecule has 5 nitrogen and oxygen atoms in total. The molecule has 146 valence electrons. The lowest BCUT2D eigenvalue weighted by Crippen LogP contribution is -2.31. The monoisotopic (exact) mass is 405 g/mol. The van der Waals surface area contributed by atoms with Gasteiger partial charge in [0.2, 0.25) is 9.84 Å². The minimum absolute atomic E-state index is 0.0287. The second-order valence-corrected chi connectivity index (χ2v) is 8.77. The summed E-state index contributed by atoms with van der Waals surface area (Å²) in [5.41, 5.74) is 2.12. The van der Waals surface area contributed by atoms with Crippen LogP contribution in [-0.2, 0) is 14.6 Å². The molecule has 0 radical (unpaired) electrons. The van der Waals surface area contributed by atoms with E-state index in [0.717, 1.165) is 5.56 Å². The van der Waals surface area contributed by atoms with Crippen LogP contribution in [0.5, 0.6) is 0 Å². The summed E-state index contributed by atoms with van der Waals surface area (Å²) >= 11 is 0. The zero-order valence-electron chi connectivity index (χ0n) is 15.7. The Balaban J connectivity index is 1.94. The number of carbonyl (C=O) groups is 1. The second kappa shape index (κ2) is 7.22. The Kier molecular flexibility index (Phi) is 4.72. The van der Waals surface area contributed by atoms with Gasteiger partial charge in [-0.25, -0.2) is 8.42 Å². The van der Waals surface area contributed by atoms with Gasteiger partial charge in [0.15, 0.2) is 5.76 Å². The molecule has 0 unspecified atom stereocenters. The third kappa shape index (κ3) is 3.21. The molecule has 0 aromatic heterocycles. The summed E-state index contributed by atoms with van der Waals surface area (Å²) in [4.78, 5) is 14.1. The van der Waals surface area contributed by atoms with Gasteiger partial charge >= 0.3 is 0 Å². The van der Waals surface area contributed by atoms with Crippen molar-refractivity contribution in [2.24, 2.45) is 0 Å². The lowest BCUT2D eigenvalue weighted by molar-refractivity contribution is -0.117. The lowest BCUT2D eigenvalue weighted by Gasteiger charge is -2.27. The number of hydrogen-bond donors (Lipinski definition) is 1. The summed E-state index contributed by atoms with van der Waals surface area (Å²) in [5, 5.41) is 10.7. The molecule has 0 spiro atoms. The predicted molar refractivity (Wildman–Crippen MR) is 111 cm³/mol. The highest BCUT2D eigenvalue weighted by Gasteiger charge is 2.47. The first kappa shape index (κ1) is 19.0. The highest BCUT2D eigenvalue weighted by molar-refractivity contribution is 7.95. The molecule has 3 aromatic rings. The molecule has 1 aliphatic heterocycles. The van der Waals surface area contributed by atoms with E-state index < -0.39 is 27.5 Å². The van der Waals surface area contributed by atoms with Crippen molar-refractivity contribution in [2.75, 3.05) is 4.90 Å². The van der Waals surface area contributed by atoms with E-state index in [1.165, 1.54) is 17.0 Å². The molecule has 4 rings (SSSR count). The van der Waals surface area contributed by atoms with Crippen molar-refractivity contribution in [3.05, 3.63) is 107 Å². The first-order valence-corrected chi connectivity index (χ1v) is 10.6. The molecule has 0 fully saturated rings. The summed E-state index contributed by atoms with van der Waals surface area (Å²) in [6.07, 6.45) is 0. The number of aliphatic hydroxyl groups is 1. The number of anilines is 1. The van der Waals surface area contributed by atoms with Gasteiger partial charge in [0, 0.05) is 5.69 Å². The summed E-state index contributed by atoms with van der Waals surface area (Å²) in [6.45, 7) is 1.92. The van der Waals surface area contributed by atoms with Crippen molar-refractivity contribution in [3.63, 3.8) is 0 Å². The second-order valence-electron chi connectivity index (χ2n) is 6.85. The fourth-order valence-electron chi connectivity index (χ4n) is 3.49. The number of carbonyl (C=O) groups excluding carboxylic acids is 1. The van der Waals surface area contributed by atoms with Gasteiger partial charge in [-0.2, -0.15) is 0 Å². The van der Waals surface area contributed by atoms with Gasteiger partial charge in [0.25, 0.3) is 5.91 Å². The van der Waals surface area contributed by atoms with Crippen molar-refractivity contribution in [1.82, 2.24) is 0 Å². The molecule has 1 atom stereocenters. The van der Waals surface area contributed by atoms with Gasteiger partial charge in [0.1, 0.15) is 10.9 Å². The third-order valence-electron chi connectivity index (χ3n) is 4.93. The third-order valence-corrected chi connectivity index (χ3v) is 6.82. The highest BCUT2D eigenvalue weighted by atomic mass is 32.2. The molecule has 0 aliphatic carbocycles. The number of amides is 1. The SMILES string of the molecule is Cc1ccc(N2C(=O)C(O)=C(S(=O)(=O)c3ccccc3)[C@@H]2c2ccccc2)cc1. The van der Waals surface area contributed by atoms with E-state index in [0.29, 0.717) is 11.3 Å². The fourth-order valence-corrected chi connectivity index (χ4v) is 5.14. The van der Waals surface area contributed by atoms with Gasteiger partial charge in [-0.3, -0.25) is 9.69 Å². The van der Waals surface area contributed by atoms with E-state index in [-0.39, 0.29) is 9.80 Å². The molecule has 1 N–H and O–H groups in total. The number of hydrogen-bond acceptors (Lipinski definition) is 4. The highest BCUT2D eigenvalue weighted by Crippen LogP contribution is 2.44. The maximum absolute atomic E-state index is 13.4. The largest absolute Gasteiger partial charge is 0.502 e. The number of sulfone groups is 1. The van der Waals surface area contributed by atoms with Crippen molar-refractivity contribution in [1.29, 1.82) is 0 Å². The average molecular weight is 405 g/mol. The summed E-state index contributed by atoms with van der Waals surface area (Å²) in [7, 11) is -4.10. The number of rotatable bonds is 4. The lowest BCUT2D eigenvalue weighted by atomic mass is 10.1. The van der Waals surface area contributed by atoms with Crippen molar-refractivity contribution in [2.45, 2.75) is 17.9 Å². The minimum atomic E-state index is -4.10. The van der Waals surface area contributed by atoms with Crippen LogP contribution in [0.1, 0.15) is 17.2 Å². The predicted octanol–water partition coefficient (Wildman–Crippen LogP) is 4.33. The van der Waals surface area contributed by atoms with E-state index >= 15 is 0 Å². The van der Waals surface area contributed by atoms with E-state index in [1.807, 2.05) is 25.1 Å². The Morgan fingerprint density at radius 1 is 0.828 bits per heavy atom. The van der Waals surface area contributed by atoms with Crippen molar-refractivity contribution >= 4 is 21.4 Å². The summed E-state index contributed by atoms with van der Waals surface area (Å²) < 4.78 is 26.8. The zero-order chi connectivity index (χ0) is 20.6. The molecule has 0 saturated heterocycles. The van der Waals surface area contributed by atoms with Crippen LogP contribution < -0.4 is 4.90 Å². The summed E-state index contributed by atoms with van der Waals surface area (Å²) in [6, 6.07) is 22.9. The van der Waals surface area contributed by atoms with E-state index in [4.69, 9.17) is 0 Å². The van der Waals surface area contributed by atoms with Crippen LogP contribution in [-0.4, -0.2) is 19.4 Å². The van der Waals surface area contributed by atoms with Crippen LogP contribution in [0.15, 0.2) is 100 Å². The molecule has 3 aromatic carbocycles. The smallest absolute Gasteiger partial charge is 0.295 e. The number of nitrogens with zero attached hydrogens (tertiary/aromatic N) is 1. The fraction of sp³-hybridized carbons (Fsp3) is 0.0870. The van der Waals surface area contributed by atoms with E-state index in [9.17, 15) is 18.3 Å². The van der Waals surface area contributed by atoms with E-state index in [2.05, 4.69) is 0 Å². The number of aliphatic hydroxyl groups excluding tert-OH is 1. The van der Waals surface area contributed by atoms with Gasteiger partial charge in [-0.1, -0.05) is 66.2 Å². The average Bonchev–Trinajstić information content (AvgIpc) is 3.01. The Morgan fingerprint density at radius 2 is 1.38 bits per heavy atom. The van der Waals surface area contributed by atoms with Crippen molar-refractivity contribution in [3.8, 4) is 0 Å². The van der Waals surface area contributed by atoms with Crippen LogP contribution >= 0.6 is 0 Å². The first-order valence-electron chi connectivity index (χ1n) is 9.09. The molecule has 6 heteroatoms. The summed E-state index contributed by atoms with van der Waals surface area (Å²) in [5.74, 6) is -1.49. The number of aryl methyl sites for hydroxylation is 1. The molecular weight excluding hydrogens is 386 g/mol. The minimum Gasteiger partial charge on any atom is -0.502 e. The Hall–Kier alpha value is -3.38. The van der Waals surface area contributed by atoms with Crippen LogP contribution in [0.4, 0.5) is 5.69 Å². The molecule has 29 heavy (non-hydrogen) atoms. The molecule has 0 bridgehead atoms. The topological polar surface area (TPSA) is 74.7 Å². The zero-order valence-corrected chi connectivity index (χ0v) is 16.5. The molecular formula is C23H19NO4S. The standard InChI is InChI=1S/C23H19NO4S/c1-16-12-14-18(15-13-16)24-20(17-8-4-2-5-9-17)22(21(25)23(24)26)29(27,28)19-10-6-3-7-11-19/h2-15,20,25H,1H3/t20-/m0/s1. The maximum atomic E-state index is 13.4. The van der Waals surface area contributed by atoms with Crippen LogP contribution in [0, 0.1) is 6.92 Å². The number of benzene rings is 3. The Bertz CT molecular complexity index is 1180. The molecule has 1 amide bonds. The van der Waals surface area contributed by atoms with E-state index in [1.54, 1.807) is 54.6 Å². The van der Waals surface area contributed by atoms with Gasteiger partial charge < -0.3 is 5.11 Å². The molecule has 1 heterocycles. The van der Waals surface area contributed by atoms with Crippen LogP contribution in [0.25, 0.3) is 0 Å².